The van der Waals surface area contributed by atoms with Crippen molar-refractivity contribution in [2.75, 3.05) is 17.6 Å². The van der Waals surface area contributed by atoms with Crippen LogP contribution < -0.4 is 16.4 Å². The van der Waals surface area contributed by atoms with E-state index in [9.17, 15) is 4.79 Å². The van der Waals surface area contributed by atoms with Gasteiger partial charge in [0.15, 0.2) is 0 Å². The maximum Gasteiger partial charge on any atom is 0.253 e. The minimum Gasteiger partial charge on any atom is -0.399 e. The fourth-order valence-electron chi connectivity index (χ4n) is 1.71. The summed E-state index contributed by atoms with van der Waals surface area (Å²) in [6.45, 7) is 8.23. The molecule has 1 unspecified atom stereocenters. The molecule has 4 nitrogen and oxygen atoms in total. The third kappa shape index (κ3) is 3.80. The third-order valence-corrected chi connectivity index (χ3v) is 2.55. The number of nitrogens with two attached hydrogens (primary N) is 1. The molecule has 4 heteroatoms. The largest absolute Gasteiger partial charge is 0.399 e. The lowest BCUT2D eigenvalue weighted by Gasteiger charge is -2.17. The normalized spacial score (nSPS) is 11.7. The standard InChI is InChI=1S/C14H21N3O/c1-4-6-10(3)17-13-9-11(15)7-8-12(13)14(18)16-5-2/h4,7-10,17H,1,5-6,15H2,2-3H3,(H,16,18). The molecule has 0 aliphatic heterocycles. The van der Waals surface area contributed by atoms with Gasteiger partial charge in [0.05, 0.1) is 5.56 Å². The summed E-state index contributed by atoms with van der Waals surface area (Å²) < 4.78 is 0. The smallest absolute Gasteiger partial charge is 0.253 e. The van der Waals surface area contributed by atoms with Crippen molar-refractivity contribution in [3.05, 3.63) is 36.4 Å². The molecule has 0 saturated carbocycles. The molecule has 0 aromatic heterocycles. The lowest BCUT2D eigenvalue weighted by Crippen LogP contribution is -2.25. The van der Waals surface area contributed by atoms with Crippen LogP contribution in [-0.4, -0.2) is 18.5 Å². The average molecular weight is 247 g/mol. The van der Waals surface area contributed by atoms with E-state index < -0.39 is 0 Å². The second kappa shape index (κ2) is 6.69. The number of carbonyl (C=O) groups excluding carboxylic acids is 1. The SMILES string of the molecule is C=CCC(C)Nc1cc(N)ccc1C(=O)NCC. The van der Waals surface area contributed by atoms with Crippen LogP contribution in [0, 0.1) is 0 Å². The van der Waals surface area contributed by atoms with Gasteiger partial charge >= 0.3 is 0 Å². The van der Waals surface area contributed by atoms with Crippen LogP contribution in [-0.2, 0) is 0 Å². The fourth-order valence-corrected chi connectivity index (χ4v) is 1.71. The predicted octanol–water partition coefficient (Wildman–Crippen LogP) is 2.40. The first kappa shape index (κ1) is 14.1. The predicted molar refractivity (Wildman–Crippen MR) is 76.8 cm³/mol. The maximum absolute atomic E-state index is 11.9. The number of amides is 1. The van der Waals surface area contributed by atoms with Crippen molar-refractivity contribution in [2.45, 2.75) is 26.3 Å². The van der Waals surface area contributed by atoms with Crippen LogP contribution in [0.3, 0.4) is 0 Å². The minimum atomic E-state index is -0.0918. The number of hydrogen-bond donors (Lipinski definition) is 3. The van der Waals surface area contributed by atoms with Gasteiger partial charge in [-0.15, -0.1) is 6.58 Å². The topological polar surface area (TPSA) is 67.1 Å². The molecule has 0 aliphatic carbocycles. The average Bonchev–Trinajstić information content (AvgIpc) is 2.29. The zero-order valence-electron chi connectivity index (χ0n) is 11.0. The lowest BCUT2D eigenvalue weighted by molar-refractivity contribution is 0.0956. The number of benzene rings is 1. The summed E-state index contributed by atoms with van der Waals surface area (Å²) in [5.41, 5.74) is 7.77. The van der Waals surface area contributed by atoms with Crippen LogP contribution in [0.25, 0.3) is 0 Å². The highest BCUT2D eigenvalue weighted by Crippen LogP contribution is 2.20. The highest BCUT2D eigenvalue weighted by atomic mass is 16.1. The highest BCUT2D eigenvalue weighted by Gasteiger charge is 2.12. The van der Waals surface area contributed by atoms with Gasteiger partial charge in [-0.25, -0.2) is 0 Å². The third-order valence-electron chi connectivity index (χ3n) is 2.55. The Morgan fingerprint density at radius 2 is 2.28 bits per heavy atom. The van der Waals surface area contributed by atoms with Gasteiger partial charge in [0, 0.05) is 24.0 Å². The quantitative estimate of drug-likeness (QED) is 0.534. The zero-order chi connectivity index (χ0) is 13.5. The van der Waals surface area contributed by atoms with E-state index in [1.165, 1.54) is 0 Å². The van der Waals surface area contributed by atoms with Gasteiger partial charge in [0.25, 0.3) is 5.91 Å². The molecule has 98 valence electrons. The van der Waals surface area contributed by atoms with E-state index in [0.29, 0.717) is 17.8 Å². The minimum absolute atomic E-state index is 0.0918. The number of rotatable bonds is 6. The van der Waals surface area contributed by atoms with Crippen molar-refractivity contribution in [1.82, 2.24) is 5.32 Å². The Balaban J connectivity index is 2.96. The summed E-state index contributed by atoms with van der Waals surface area (Å²) in [5.74, 6) is -0.0918. The number of anilines is 2. The van der Waals surface area contributed by atoms with E-state index in [4.69, 9.17) is 5.73 Å². The van der Waals surface area contributed by atoms with Crippen LogP contribution >= 0.6 is 0 Å². The lowest BCUT2D eigenvalue weighted by atomic mass is 10.1. The molecule has 18 heavy (non-hydrogen) atoms. The van der Waals surface area contributed by atoms with Crippen LogP contribution in [0.1, 0.15) is 30.6 Å². The van der Waals surface area contributed by atoms with Crippen molar-refractivity contribution in [1.29, 1.82) is 0 Å². The molecule has 0 fully saturated rings. The zero-order valence-corrected chi connectivity index (χ0v) is 11.0. The molecule has 1 aromatic rings. The molecule has 1 amide bonds. The summed E-state index contributed by atoms with van der Waals surface area (Å²) in [6, 6.07) is 5.46. The molecule has 4 N–H and O–H groups in total. The molecule has 1 atom stereocenters. The van der Waals surface area contributed by atoms with Gasteiger partial charge in [0.2, 0.25) is 0 Å². The molecule has 0 bridgehead atoms. The van der Waals surface area contributed by atoms with Crippen molar-refractivity contribution in [3.8, 4) is 0 Å². The number of nitrogen functional groups attached to an aromatic ring is 1. The second-order valence-electron chi connectivity index (χ2n) is 4.23. The van der Waals surface area contributed by atoms with Crippen molar-refractivity contribution >= 4 is 17.3 Å². The number of nitrogens with one attached hydrogen (secondary N) is 2. The maximum atomic E-state index is 11.9. The molecule has 0 aliphatic rings. The molecular formula is C14H21N3O. The van der Waals surface area contributed by atoms with E-state index in [1.807, 2.05) is 19.9 Å². The van der Waals surface area contributed by atoms with Gasteiger partial charge in [-0.2, -0.15) is 0 Å². The monoisotopic (exact) mass is 247 g/mol. The molecule has 0 radical (unpaired) electrons. The molecule has 1 aromatic carbocycles. The summed E-state index contributed by atoms with van der Waals surface area (Å²) >= 11 is 0. The Hall–Kier alpha value is -1.97. The van der Waals surface area contributed by atoms with Gasteiger partial charge in [0.1, 0.15) is 0 Å². The summed E-state index contributed by atoms with van der Waals surface area (Å²) in [5, 5.41) is 6.07. The Bertz CT molecular complexity index is 429. The van der Waals surface area contributed by atoms with Gasteiger partial charge in [-0.1, -0.05) is 6.08 Å². The Morgan fingerprint density at radius 1 is 1.56 bits per heavy atom. The van der Waals surface area contributed by atoms with Crippen LogP contribution in [0.5, 0.6) is 0 Å². The van der Waals surface area contributed by atoms with Gasteiger partial charge in [-0.05, 0) is 38.5 Å². The van der Waals surface area contributed by atoms with Gasteiger partial charge in [-0.3, -0.25) is 4.79 Å². The van der Waals surface area contributed by atoms with E-state index >= 15 is 0 Å². The van der Waals surface area contributed by atoms with E-state index in [0.717, 1.165) is 12.1 Å². The first-order chi connectivity index (χ1) is 8.58. The Morgan fingerprint density at radius 3 is 2.89 bits per heavy atom. The van der Waals surface area contributed by atoms with Gasteiger partial charge < -0.3 is 16.4 Å². The van der Waals surface area contributed by atoms with Crippen molar-refractivity contribution in [3.63, 3.8) is 0 Å². The van der Waals surface area contributed by atoms with Crippen LogP contribution in [0.2, 0.25) is 0 Å². The Kier molecular flexibility index (Phi) is 5.24. The van der Waals surface area contributed by atoms with E-state index in [-0.39, 0.29) is 11.9 Å². The fraction of sp³-hybridized carbons (Fsp3) is 0.357. The first-order valence-electron chi connectivity index (χ1n) is 6.13. The van der Waals surface area contributed by atoms with Crippen LogP contribution in [0.15, 0.2) is 30.9 Å². The molecular weight excluding hydrogens is 226 g/mol. The molecule has 0 heterocycles. The van der Waals surface area contributed by atoms with E-state index in [1.54, 1.807) is 18.2 Å². The van der Waals surface area contributed by atoms with Crippen molar-refractivity contribution < 1.29 is 4.79 Å². The highest BCUT2D eigenvalue weighted by molar-refractivity contribution is 6.00. The van der Waals surface area contributed by atoms with E-state index in [2.05, 4.69) is 17.2 Å². The summed E-state index contributed by atoms with van der Waals surface area (Å²) in [6.07, 6.45) is 2.67. The summed E-state index contributed by atoms with van der Waals surface area (Å²) in [4.78, 5) is 11.9. The summed E-state index contributed by atoms with van der Waals surface area (Å²) in [7, 11) is 0. The molecule has 0 spiro atoms. The van der Waals surface area contributed by atoms with Crippen LogP contribution in [0.4, 0.5) is 11.4 Å². The molecule has 1 rings (SSSR count). The van der Waals surface area contributed by atoms with Crippen molar-refractivity contribution in [2.24, 2.45) is 0 Å². The molecule has 0 saturated heterocycles. The second-order valence-corrected chi connectivity index (χ2v) is 4.23. The number of hydrogen-bond acceptors (Lipinski definition) is 3. The number of carbonyl (C=O) groups is 1. The Labute approximate surface area is 108 Å². The first-order valence-corrected chi connectivity index (χ1v) is 6.13.